The summed E-state index contributed by atoms with van der Waals surface area (Å²) < 4.78 is 31.6. The molecular weight excluding hydrogens is 312 g/mol. The van der Waals surface area contributed by atoms with Crippen LogP contribution in [0.1, 0.15) is 8.56 Å². The van der Waals surface area contributed by atoms with Crippen LogP contribution in [0.25, 0.3) is 0 Å². The minimum Gasteiger partial charge on any atom is -1.00 e. The molecule has 0 spiro atoms. The van der Waals surface area contributed by atoms with Crippen LogP contribution in [-0.2, 0) is 10.4 Å². The Kier molecular flexibility index (Phi) is 57.0. The topological polar surface area (TPSA) is 132 Å². The molecule has 4 N–H and O–H groups in total. The Hall–Kier alpha value is 3.21. The fourth-order valence-electron chi connectivity index (χ4n) is 0. The quantitative estimate of drug-likeness (QED) is 0.350. The summed E-state index contributed by atoms with van der Waals surface area (Å²) in [6.07, 6.45) is -1.83. The van der Waals surface area contributed by atoms with Gasteiger partial charge in [0.05, 0.1) is 0 Å². The molecule has 13 heavy (non-hydrogen) atoms. The van der Waals surface area contributed by atoms with E-state index in [1.807, 2.05) is 0 Å². The van der Waals surface area contributed by atoms with Gasteiger partial charge in [-0.2, -0.15) is 8.42 Å². The van der Waals surface area contributed by atoms with Gasteiger partial charge in [-0.25, -0.2) is 4.79 Å². The van der Waals surface area contributed by atoms with Crippen LogP contribution in [0.2, 0.25) is 0 Å². The summed E-state index contributed by atoms with van der Waals surface area (Å²) in [6, 6.07) is 0. The van der Waals surface area contributed by atoms with Crippen molar-refractivity contribution >= 4 is 142 Å². The smallest absolute Gasteiger partial charge is 1.00 e. The molecule has 0 atom stereocenters. The molecular formula is CH11Ca3ClO7S. The summed E-state index contributed by atoms with van der Waals surface area (Å²) in [5, 5.41) is 13.9. The van der Waals surface area contributed by atoms with Crippen LogP contribution in [0.5, 0.6) is 0 Å². The maximum absolute atomic E-state index is 8.74. The largest absolute Gasteiger partial charge is 2.00 e. The van der Waals surface area contributed by atoms with Gasteiger partial charge in [0.1, 0.15) is 0 Å². The van der Waals surface area contributed by atoms with E-state index in [9.17, 15) is 0 Å². The van der Waals surface area contributed by atoms with Gasteiger partial charge in [0.2, 0.25) is 0 Å². The summed E-state index contributed by atoms with van der Waals surface area (Å²) in [4.78, 5) is 8.56. The molecule has 0 saturated carbocycles. The Balaban J connectivity index is -0.00000000340. The molecule has 0 aromatic heterocycles. The van der Waals surface area contributed by atoms with Gasteiger partial charge in [0.15, 0.2) is 0 Å². The first-order valence-electron chi connectivity index (χ1n) is 1.35. The number of carbonyl (C=O) groups is 1. The van der Waals surface area contributed by atoms with E-state index >= 15 is 0 Å². The summed E-state index contributed by atoms with van der Waals surface area (Å²) in [7, 11) is -4.67. The van der Waals surface area contributed by atoms with Crippen LogP contribution in [0.3, 0.4) is 0 Å². The van der Waals surface area contributed by atoms with Crippen molar-refractivity contribution in [2.75, 3.05) is 0 Å². The van der Waals surface area contributed by atoms with E-state index in [1.165, 1.54) is 0 Å². The van der Waals surface area contributed by atoms with Gasteiger partial charge in [-0.1, -0.05) is 0 Å². The van der Waals surface area contributed by atoms with Crippen LogP contribution >= 0.6 is 12.4 Å². The van der Waals surface area contributed by atoms with Crippen LogP contribution in [0.15, 0.2) is 0 Å². The average molecular weight is 323 g/mol. The molecule has 0 aromatic rings. The third-order valence-electron chi connectivity index (χ3n) is 0. The van der Waals surface area contributed by atoms with Crippen LogP contribution in [0.4, 0.5) is 4.79 Å². The Bertz CT molecular complexity index is 183. The molecule has 0 amide bonds. The van der Waals surface area contributed by atoms with E-state index in [4.69, 9.17) is 32.5 Å². The van der Waals surface area contributed by atoms with Crippen molar-refractivity contribution in [2.24, 2.45) is 0 Å². The average Bonchev–Trinajstić information content (AvgIpc) is 1.19. The molecule has 12 heteroatoms. The summed E-state index contributed by atoms with van der Waals surface area (Å²) in [5.41, 5.74) is 0. The second-order valence-corrected chi connectivity index (χ2v) is 1.63. The van der Waals surface area contributed by atoms with E-state index in [0.29, 0.717) is 0 Å². The molecule has 0 aliphatic carbocycles. The zero-order valence-corrected chi connectivity index (χ0v) is 14.7. The van der Waals surface area contributed by atoms with Gasteiger partial charge < -0.3 is 18.8 Å². The van der Waals surface area contributed by atoms with Crippen molar-refractivity contribution in [1.29, 1.82) is 0 Å². The molecule has 7 nitrogen and oxygen atoms in total. The van der Waals surface area contributed by atoms with Crippen molar-refractivity contribution in [3.63, 3.8) is 0 Å². The van der Waals surface area contributed by atoms with Crippen LogP contribution in [0, 0.1) is 0 Å². The number of rotatable bonds is 0. The first-order valence-corrected chi connectivity index (χ1v) is 2.75. The molecule has 0 fully saturated rings. The molecule has 0 saturated heterocycles. The van der Waals surface area contributed by atoms with Gasteiger partial charge >= 0.3 is 130 Å². The molecule has 0 rings (SSSR count). The first kappa shape index (κ1) is 36.0. The number of halogens is 1. The number of hydrogen-bond donors (Lipinski definition) is 4. The van der Waals surface area contributed by atoms with E-state index in [2.05, 4.69) is 0 Å². The maximum atomic E-state index is 8.74. The first-order chi connectivity index (χ1) is 3.73. The Morgan fingerprint density at radius 3 is 1.00 bits per heavy atom. The zero-order chi connectivity index (χ0) is 8.08. The van der Waals surface area contributed by atoms with Crippen LogP contribution < -0.4 is 0 Å². The predicted molar refractivity (Wildman–Crippen MR) is 56.0 cm³/mol. The van der Waals surface area contributed by atoms with Gasteiger partial charge in [-0.3, -0.25) is 9.11 Å². The van der Waals surface area contributed by atoms with Gasteiger partial charge in [0.25, 0.3) is 0 Å². The van der Waals surface area contributed by atoms with Crippen molar-refractivity contribution in [1.82, 2.24) is 0 Å². The Morgan fingerprint density at radius 1 is 1.00 bits per heavy atom. The molecule has 0 aliphatic rings. The fourth-order valence-corrected chi connectivity index (χ4v) is 0. The second kappa shape index (κ2) is 20.6. The minimum absolute atomic E-state index is 0. The van der Waals surface area contributed by atoms with Crippen molar-refractivity contribution < 1.29 is 41.1 Å². The van der Waals surface area contributed by atoms with E-state index < -0.39 is 16.6 Å². The van der Waals surface area contributed by atoms with Crippen molar-refractivity contribution in [3.8, 4) is 0 Å². The summed E-state index contributed by atoms with van der Waals surface area (Å²) >= 11 is 0. The Morgan fingerprint density at radius 2 is 1.00 bits per heavy atom. The minimum atomic E-state index is -4.67. The molecule has 0 aliphatic heterocycles. The molecule has 0 radical (unpaired) electrons. The predicted octanol–water partition coefficient (Wildman–Crippen LogP) is -0.476. The maximum Gasteiger partial charge on any atom is 2.00 e. The van der Waals surface area contributed by atoms with E-state index in [0.717, 1.165) is 0 Å². The molecule has 0 heterocycles. The van der Waals surface area contributed by atoms with Gasteiger partial charge in [0, 0.05) is 0 Å². The number of hydrogen-bond acceptors (Lipinski definition) is 3. The molecule has 0 bridgehead atoms. The third-order valence-corrected chi connectivity index (χ3v) is 0. The second-order valence-electron chi connectivity index (χ2n) is 0.730. The standard InChI is InChI=1S/CH2O3.3Ca.ClH.H2O4S.6H/c2-1(3)4;;;;;1-5(2,3)4;;;;;;/h(H2,2,3,4);;;;1H;(H2,1,2,3,4);;;;;;/q;3*+2;;;6*-1. The SMILES string of the molecule is Cl.O=C(O)O.O=S(=O)(O)O.[Ca+2].[Ca+2].[Ca+2].[H-].[H-].[H-].[H-].[H-].[H-]. The third kappa shape index (κ3) is 258. The van der Waals surface area contributed by atoms with Crippen LogP contribution in [-0.4, -0.2) is 147 Å². The van der Waals surface area contributed by atoms with Crippen molar-refractivity contribution in [2.45, 2.75) is 0 Å². The van der Waals surface area contributed by atoms with E-state index in [1.54, 1.807) is 0 Å². The van der Waals surface area contributed by atoms with E-state index in [-0.39, 0.29) is 134 Å². The molecule has 76 valence electrons. The zero-order valence-electron chi connectivity index (χ0n) is 12.5. The van der Waals surface area contributed by atoms with Crippen molar-refractivity contribution in [3.05, 3.63) is 0 Å². The van der Waals surface area contributed by atoms with Gasteiger partial charge in [-0.05, 0) is 0 Å². The summed E-state index contributed by atoms with van der Waals surface area (Å²) in [5.74, 6) is 0. The fraction of sp³-hybridized carbons (Fsp3) is 0. The molecule has 0 unspecified atom stereocenters. The van der Waals surface area contributed by atoms with Gasteiger partial charge in [-0.15, -0.1) is 12.4 Å². The summed E-state index contributed by atoms with van der Waals surface area (Å²) in [6.45, 7) is 0. The Labute approximate surface area is 180 Å². The monoisotopic (exact) mass is 322 g/mol. The number of carboxylic acid groups (broad SMARTS) is 2. The normalized spacial score (nSPS) is 6.31. The molecule has 0 aromatic carbocycles.